The maximum Gasteiger partial charge on any atom is 0.323 e. The van der Waals surface area contributed by atoms with E-state index in [1.165, 1.54) is 36.5 Å². The van der Waals surface area contributed by atoms with Crippen molar-refractivity contribution in [2.75, 3.05) is 10.6 Å². The van der Waals surface area contributed by atoms with Gasteiger partial charge in [-0.2, -0.15) is 0 Å². The van der Waals surface area contributed by atoms with Gasteiger partial charge < -0.3 is 10.6 Å². The van der Waals surface area contributed by atoms with Crippen molar-refractivity contribution in [2.24, 2.45) is 0 Å². The molecule has 0 aliphatic heterocycles. The number of fused-ring (bicyclic) bond motifs is 1. The summed E-state index contributed by atoms with van der Waals surface area (Å²) in [5.41, 5.74) is 3.62. The highest BCUT2D eigenvalue weighted by molar-refractivity contribution is 6.11. The molecule has 0 radical (unpaired) electrons. The molecule has 4 aromatic carbocycles. The average molecular weight is 480 g/mol. The van der Waals surface area contributed by atoms with Gasteiger partial charge in [-0.25, -0.2) is 13.6 Å². The maximum absolute atomic E-state index is 14.6. The first kappa shape index (κ1) is 22.8. The fourth-order valence-electron chi connectivity index (χ4n) is 3.74. The second-order valence-electron chi connectivity index (χ2n) is 7.95. The van der Waals surface area contributed by atoms with E-state index in [-0.39, 0.29) is 5.56 Å². The Labute approximate surface area is 204 Å². The van der Waals surface area contributed by atoms with Gasteiger partial charge >= 0.3 is 6.03 Å². The third-order valence-corrected chi connectivity index (χ3v) is 5.50. The number of halogens is 2. The minimum Gasteiger partial charge on any atom is -0.308 e. The van der Waals surface area contributed by atoms with Gasteiger partial charge in [0.05, 0.1) is 16.6 Å². The van der Waals surface area contributed by atoms with Crippen molar-refractivity contribution in [1.82, 2.24) is 9.97 Å². The van der Waals surface area contributed by atoms with Crippen LogP contribution in [0.15, 0.2) is 97.3 Å². The standard InChI is InChI=1S/C28H18F2N4O2/c29-20-2-1-3-22(16-20)34-28(36)33-21-8-4-17(5-9-21)18-6-10-24(30)23(14-18)27(35)19-7-11-25-26(15-19)32-13-12-31-25/h1-16H,(H2,33,34,36). The highest BCUT2D eigenvalue weighted by atomic mass is 19.1. The van der Waals surface area contributed by atoms with Crippen LogP contribution in [-0.2, 0) is 0 Å². The molecule has 0 atom stereocenters. The molecule has 0 saturated carbocycles. The van der Waals surface area contributed by atoms with Crippen LogP contribution in [0.4, 0.5) is 25.0 Å². The first-order valence-electron chi connectivity index (χ1n) is 11.0. The minimum absolute atomic E-state index is 0.0626. The SMILES string of the molecule is O=C(Nc1ccc(-c2ccc(F)c(C(=O)c3ccc4nccnc4c3)c2)cc1)Nc1cccc(F)c1. The summed E-state index contributed by atoms with van der Waals surface area (Å²) >= 11 is 0. The van der Waals surface area contributed by atoms with Crippen LogP contribution >= 0.6 is 0 Å². The van der Waals surface area contributed by atoms with Gasteiger partial charge in [0.25, 0.3) is 0 Å². The van der Waals surface area contributed by atoms with E-state index in [2.05, 4.69) is 20.6 Å². The molecule has 2 N–H and O–H groups in total. The van der Waals surface area contributed by atoms with Crippen molar-refractivity contribution < 1.29 is 18.4 Å². The molecule has 1 aromatic heterocycles. The first-order valence-corrected chi connectivity index (χ1v) is 11.0. The van der Waals surface area contributed by atoms with Crippen LogP contribution in [0.3, 0.4) is 0 Å². The maximum atomic E-state index is 14.6. The number of aromatic nitrogens is 2. The van der Waals surface area contributed by atoms with E-state index in [4.69, 9.17) is 0 Å². The van der Waals surface area contributed by atoms with Gasteiger partial charge in [0.1, 0.15) is 11.6 Å². The lowest BCUT2D eigenvalue weighted by molar-refractivity contribution is 0.103. The van der Waals surface area contributed by atoms with Crippen LogP contribution in [0.5, 0.6) is 0 Å². The van der Waals surface area contributed by atoms with Gasteiger partial charge in [-0.1, -0.05) is 24.3 Å². The van der Waals surface area contributed by atoms with E-state index in [1.807, 2.05) is 0 Å². The number of amides is 2. The molecule has 0 fully saturated rings. The summed E-state index contributed by atoms with van der Waals surface area (Å²) in [5, 5.41) is 5.22. The number of carbonyl (C=O) groups is 2. The number of anilines is 2. The molecule has 8 heteroatoms. The summed E-state index contributed by atoms with van der Waals surface area (Å²) in [6.45, 7) is 0. The Morgan fingerprint density at radius 3 is 2.17 bits per heavy atom. The molecule has 0 aliphatic rings. The Balaban J connectivity index is 1.34. The van der Waals surface area contributed by atoms with Gasteiger partial charge in [0.2, 0.25) is 0 Å². The van der Waals surface area contributed by atoms with E-state index >= 15 is 0 Å². The van der Waals surface area contributed by atoms with Crippen LogP contribution in [0.1, 0.15) is 15.9 Å². The van der Waals surface area contributed by atoms with E-state index in [0.717, 1.165) is 5.56 Å². The van der Waals surface area contributed by atoms with E-state index in [9.17, 15) is 18.4 Å². The smallest absolute Gasteiger partial charge is 0.308 e. The molecule has 0 saturated heterocycles. The number of urea groups is 1. The van der Waals surface area contributed by atoms with Crippen LogP contribution < -0.4 is 10.6 Å². The molecule has 36 heavy (non-hydrogen) atoms. The van der Waals surface area contributed by atoms with Crippen LogP contribution in [0.25, 0.3) is 22.2 Å². The van der Waals surface area contributed by atoms with Crippen molar-refractivity contribution in [3.05, 3.63) is 120 Å². The molecule has 1 heterocycles. The third kappa shape index (κ3) is 4.92. The summed E-state index contributed by atoms with van der Waals surface area (Å²) in [4.78, 5) is 33.6. The van der Waals surface area contributed by atoms with Crippen molar-refractivity contribution in [1.29, 1.82) is 0 Å². The summed E-state index contributed by atoms with van der Waals surface area (Å²) in [7, 11) is 0. The topological polar surface area (TPSA) is 84.0 Å². The van der Waals surface area contributed by atoms with Crippen LogP contribution in [0.2, 0.25) is 0 Å². The number of carbonyl (C=O) groups excluding carboxylic acids is 2. The Morgan fingerprint density at radius 1 is 0.667 bits per heavy atom. The van der Waals surface area contributed by atoms with Crippen molar-refractivity contribution >= 4 is 34.2 Å². The zero-order chi connectivity index (χ0) is 25.1. The van der Waals surface area contributed by atoms with Gasteiger partial charge in [-0.05, 0) is 71.8 Å². The molecule has 0 bridgehead atoms. The van der Waals surface area contributed by atoms with Gasteiger partial charge in [-0.3, -0.25) is 14.8 Å². The lowest BCUT2D eigenvalue weighted by atomic mass is 9.97. The number of hydrogen-bond donors (Lipinski definition) is 2. The third-order valence-electron chi connectivity index (χ3n) is 5.50. The van der Waals surface area contributed by atoms with Crippen LogP contribution in [0, 0.1) is 11.6 Å². The number of nitrogens with zero attached hydrogens (tertiary/aromatic N) is 2. The summed E-state index contributed by atoms with van der Waals surface area (Å²) in [6, 6.07) is 21.1. The Morgan fingerprint density at radius 2 is 1.39 bits per heavy atom. The van der Waals surface area contributed by atoms with Gasteiger partial charge in [0.15, 0.2) is 5.78 Å². The van der Waals surface area contributed by atoms with E-state index in [1.54, 1.807) is 60.8 Å². The zero-order valence-corrected chi connectivity index (χ0v) is 18.7. The van der Waals surface area contributed by atoms with Gasteiger partial charge in [-0.15, -0.1) is 0 Å². The lowest BCUT2D eigenvalue weighted by Crippen LogP contribution is -2.19. The molecular weight excluding hydrogens is 462 g/mol. The normalized spacial score (nSPS) is 10.7. The Hall–Kier alpha value is -4.98. The highest BCUT2D eigenvalue weighted by Crippen LogP contribution is 2.26. The van der Waals surface area contributed by atoms with Crippen molar-refractivity contribution in [3.8, 4) is 11.1 Å². The minimum atomic E-state index is -0.629. The molecule has 2 amide bonds. The summed E-state index contributed by atoms with van der Waals surface area (Å²) < 4.78 is 27.9. The largest absolute Gasteiger partial charge is 0.323 e. The second kappa shape index (κ2) is 9.71. The Kier molecular flexibility index (Phi) is 6.15. The number of ketones is 1. The molecule has 0 unspecified atom stereocenters. The summed E-state index contributed by atoms with van der Waals surface area (Å²) in [5.74, 6) is -1.55. The molecule has 176 valence electrons. The number of hydrogen-bond acceptors (Lipinski definition) is 4. The second-order valence-corrected chi connectivity index (χ2v) is 7.95. The monoisotopic (exact) mass is 480 g/mol. The quantitative estimate of drug-likeness (QED) is 0.283. The predicted octanol–water partition coefficient (Wildman–Crippen LogP) is 6.45. The van der Waals surface area contributed by atoms with E-state index < -0.39 is 23.4 Å². The molecule has 6 nitrogen and oxygen atoms in total. The number of rotatable bonds is 5. The van der Waals surface area contributed by atoms with Gasteiger partial charge in [0, 0.05) is 29.3 Å². The zero-order valence-electron chi connectivity index (χ0n) is 18.7. The van der Waals surface area contributed by atoms with Crippen LogP contribution in [-0.4, -0.2) is 21.8 Å². The number of nitrogens with one attached hydrogen (secondary N) is 2. The number of benzene rings is 4. The molecular formula is C28H18F2N4O2. The molecule has 5 rings (SSSR count). The lowest BCUT2D eigenvalue weighted by Gasteiger charge is -2.10. The fraction of sp³-hybridized carbons (Fsp3) is 0. The molecule has 5 aromatic rings. The predicted molar refractivity (Wildman–Crippen MR) is 134 cm³/mol. The first-order chi connectivity index (χ1) is 17.5. The van der Waals surface area contributed by atoms with Crippen molar-refractivity contribution in [2.45, 2.75) is 0 Å². The van der Waals surface area contributed by atoms with Crippen molar-refractivity contribution in [3.63, 3.8) is 0 Å². The highest BCUT2D eigenvalue weighted by Gasteiger charge is 2.16. The molecule has 0 aliphatic carbocycles. The summed E-state index contributed by atoms with van der Waals surface area (Å²) in [6.07, 6.45) is 3.09. The fourth-order valence-corrected chi connectivity index (χ4v) is 3.74. The van der Waals surface area contributed by atoms with E-state index in [0.29, 0.717) is 33.5 Å². The molecule has 0 spiro atoms. The Bertz CT molecular complexity index is 1600. The average Bonchev–Trinajstić information content (AvgIpc) is 2.89.